The van der Waals surface area contributed by atoms with Gasteiger partial charge in [-0.2, -0.15) is 0 Å². The number of rotatable bonds is 5. The first-order valence-corrected chi connectivity index (χ1v) is 6.14. The van der Waals surface area contributed by atoms with Gasteiger partial charge in [0.15, 0.2) is 0 Å². The number of furan rings is 1. The molecule has 2 heteroatoms. The lowest BCUT2D eigenvalue weighted by molar-refractivity contribution is 0.397. The van der Waals surface area contributed by atoms with Crippen LogP contribution in [0.25, 0.3) is 0 Å². The van der Waals surface area contributed by atoms with Crippen molar-refractivity contribution in [2.45, 2.75) is 45.1 Å². The normalized spacial score (nSPS) is 25.9. The van der Waals surface area contributed by atoms with Crippen LogP contribution >= 0.6 is 0 Å². The fourth-order valence-corrected chi connectivity index (χ4v) is 2.59. The van der Waals surface area contributed by atoms with Crippen molar-refractivity contribution in [1.29, 1.82) is 0 Å². The van der Waals surface area contributed by atoms with Crippen LogP contribution in [0.15, 0.2) is 23.0 Å². The van der Waals surface area contributed by atoms with E-state index in [1.807, 2.05) is 6.26 Å². The Kier molecular flexibility index (Phi) is 3.84. The molecule has 0 amide bonds. The minimum atomic E-state index is 0.736. The van der Waals surface area contributed by atoms with Crippen molar-refractivity contribution < 1.29 is 4.42 Å². The van der Waals surface area contributed by atoms with E-state index in [9.17, 15) is 0 Å². The van der Waals surface area contributed by atoms with Gasteiger partial charge in [0.25, 0.3) is 0 Å². The lowest BCUT2D eigenvalue weighted by Crippen LogP contribution is -2.33. The predicted octanol–water partition coefficient (Wildman–Crippen LogP) is 2.99. The average molecular weight is 207 g/mol. The molecule has 1 heterocycles. The van der Waals surface area contributed by atoms with Gasteiger partial charge in [-0.25, -0.2) is 0 Å². The van der Waals surface area contributed by atoms with Crippen LogP contribution in [-0.4, -0.2) is 12.6 Å². The summed E-state index contributed by atoms with van der Waals surface area (Å²) in [6.07, 6.45) is 10.2. The van der Waals surface area contributed by atoms with Crippen LogP contribution in [0.4, 0.5) is 0 Å². The molecule has 1 fully saturated rings. The number of hydrogen-bond donors (Lipinski definition) is 1. The first-order chi connectivity index (χ1) is 7.40. The molecule has 2 unspecified atom stereocenters. The highest BCUT2D eigenvalue weighted by Gasteiger charge is 2.26. The quantitative estimate of drug-likeness (QED) is 0.803. The van der Waals surface area contributed by atoms with Gasteiger partial charge < -0.3 is 9.73 Å². The van der Waals surface area contributed by atoms with Gasteiger partial charge in [0.05, 0.1) is 12.5 Å². The van der Waals surface area contributed by atoms with Crippen LogP contribution in [-0.2, 0) is 6.42 Å². The summed E-state index contributed by atoms with van der Waals surface area (Å²) in [6.45, 7) is 3.39. The van der Waals surface area contributed by atoms with E-state index in [0.717, 1.165) is 18.5 Å². The molecule has 0 aromatic carbocycles. The molecule has 0 radical (unpaired) electrons. The highest BCUT2D eigenvalue weighted by Crippen LogP contribution is 2.28. The highest BCUT2D eigenvalue weighted by molar-refractivity contribution is 5.07. The molecule has 1 aliphatic carbocycles. The molecule has 2 atom stereocenters. The third kappa shape index (κ3) is 2.85. The van der Waals surface area contributed by atoms with E-state index in [2.05, 4.69) is 18.3 Å². The standard InChI is InChI=1S/C13H21NO/c1-2-7-14-13-5-3-4-12(13)9-11-6-8-15-10-11/h6,8,10,12-14H,2-5,7,9H2,1H3. The van der Waals surface area contributed by atoms with Crippen molar-refractivity contribution in [2.75, 3.05) is 6.54 Å². The van der Waals surface area contributed by atoms with E-state index < -0.39 is 0 Å². The Bertz CT molecular complexity index is 268. The second-order valence-electron chi connectivity index (χ2n) is 4.59. The Morgan fingerprint density at radius 2 is 2.40 bits per heavy atom. The fraction of sp³-hybridized carbons (Fsp3) is 0.692. The second kappa shape index (κ2) is 5.36. The van der Waals surface area contributed by atoms with E-state index in [1.165, 1.54) is 37.7 Å². The van der Waals surface area contributed by atoms with Crippen molar-refractivity contribution >= 4 is 0 Å². The summed E-state index contributed by atoms with van der Waals surface area (Å²) in [5.74, 6) is 0.814. The van der Waals surface area contributed by atoms with Crippen molar-refractivity contribution in [3.8, 4) is 0 Å². The lowest BCUT2D eigenvalue weighted by atomic mass is 9.96. The molecule has 2 nitrogen and oxygen atoms in total. The van der Waals surface area contributed by atoms with Crippen LogP contribution in [0, 0.1) is 5.92 Å². The Balaban J connectivity index is 1.85. The van der Waals surface area contributed by atoms with Gasteiger partial charge in [-0.05, 0) is 49.8 Å². The molecular formula is C13H21NO. The summed E-state index contributed by atoms with van der Waals surface area (Å²) in [6, 6.07) is 2.83. The topological polar surface area (TPSA) is 25.2 Å². The first-order valence-electron chi connectivity index (χ1n) is 6.14. The molecule has 0 saturated heterocycles. The number of hydrogen-bond acceptors (Lipinski definition) is 2. The fourth-order valence-electron chi connectivity index (χ4n) is 2.59. The largest absolute Gasteiger partial charge is 0.472 e. The minimum Gasteiger partial charge on any atom is -0.472 e. The van der Waals surface area contributed by atoms with Gasteiger partial charge in [0, 0.05) is 6.04 Å². The van der Waals surface area contributed by atoms with Crippen LogP contribution < -0.4 is 5.32 Å². The molecule has 84 valence electrons. The van der Waals surface area contributed by atoms with E-state index in [-0.39, 0.29) is 0 Å². The van der Waals surface area contributed by atoms with Gasteiger partial charge in [0.2, 0.25) is 0 Å². The molecule has 1 N–H and O–H groups in total. The van der Waals surface area contributed by atoms with Crippen LogP contribution in [0.5, 0.6) is 0 Å². The molecule has 1 aromatic heterocycles. The molecule has 0 aliphatic heterocycles. The van der Waals surface area contributed by atoms with Crippen LogP contribution in [0.1, 0.15) is 38.2 Å². The van der Waals surface area contributed by atoms with Crippen LogP contribution in [0.2, 0.25) is 0 Å². The molecule has 1 aliphatic rings. The molecule has 0 bridgehead atoms. The van der Waals surface area contributed by atoms with Crippen LogP contribution in [0.3, 0.4) is 0 Å². The lowest BCUT2D eigenvalue weighted by Gasteiger charge is -2.20. The van der Waals surface area contributed by atoms with Gasteiger partial charge in [0.1, 0.15) is 0 Å². The molecule has 15 heavy (non-hydrogen) atoms. The summed E-state index contributed by atoms with van der Waals surface area (Å²) < 4.78 is 5.12. The zero-order chi connectivity index (χ0) is 10.5. The van der Waals surface area contributed by atoms with Gasteiger partial charge in [-0.3, -0.25) is 0 Å². The summed E-state index contributed by atoms with van der Waals surface area (Å²) >= 11 is 0. The van der Waals surface area contributed by atoms with Crippen molar-refractivity contribution in [3.05, 3.63) is 24.2 Å². The zero-order valence-electron chi connectivity index (χ0n) is 9.54. The van der Waals surface area contributed by atoms with Gasteiger partial charge in [-0.15, -0.1) is 0 Å². The monoisotopic (exact) mass is 207 g/mol. The van der Waals surface area contributed by atoms with Crippen molar-refractivity contribution in [1.82, 2.24) is 5.32 Å². The van der Waals surface area contributed by atoms with E-state index in [1.54, 1.807) is 6.26 Å². The first kappa shape index (κ1) is 10.7. The maximum Gasteiger partial charge on any atom is 0.0934 e. The second-order valence-corrected chi connectivity index (χ2v) is 4.59. The molecule has 1 saturated carbocycles. The Morgan fingerprint density at radius 1 is 1.47 bits per heavy atom. The smallest absolute Gasteiger partial charge is 0.0934 e. The highest BCUT2D eigenvalue weighted by atomic mass is 16.3. The third-order valence-electron chi connectivity index (χ3n) is 3.39. The summed E-state index contributed by atoms with van der Waals surface area (Å²) in [7, 11) is 0. The molecule has 1 aromatic rings. The Hall–Kier alpha value is -0.760. The van der Waals surface area contributed by atoms with Crippen molar-refractivity contribution in [2.24, 2.45) is 5.92 Å². The summed E-state index contributed by atoms with van der Waals surface area (Å²) in [4.78, 5) is 0. The Labute approximate surface area is 92.1 Å². The van der Waals surface area contributed by atoms with E-state index >= 15 is 0 Å². The van der Waals surface area contributed by atoms with Gasteiger partial charge >= 0.3 is 0 Å². The van der Waals surface area contributed by atoms with Gasteiger partial charge in [-0.1, -0.05) is 13.3 Å². The zero-order valence-corrected chi connectivity index (χ0v) is 9.54. The molecule has 2 rings (SSSR count). The maximum atomic E-state index is 5.12. The predicted molar refractivity (Wildman–Crippen MR) is 61.8 cm³/mol. The minimum absolute atomic E-state index is 0.736. The third-order valence-corrected chi connectivity index (χ3v) is 3.39. The SMILES string of the molecule is CCCNC1CCCC1Cc1ccoc1. The molecule has 0 spiro atoms. The van der Waals surface area contributed by atoms with E-state index in [4.69, 9.17) is 4.42 Å². The summed E-state index contributed by atoms with van der Waals surface area (Å²) in [5.41, 5.74) is 1.35. The number of nitrogens with one attached hydrogen (secondary N) is 1. The maximum absolute atomic E-state index is 5.12. The Morgan fingerprint density at radius 3 is 3.13 bits per heavy atom. The van der Waals surface area contributed by atoms with Crippen molar-refractivity contribution in [3.63, 3.8) is 0 Å². The molecular weight excluding hydrogens is 186 g/mol. The van der Waals surface area contributed by atoms with E-state index in [0.29, 0.717) is 0 Å². The average Bonchev–Trinajstić information content (AvgIpc) is 2.87. The summed E-state index contributed by atoms with van der Waals surface area (Å²) in [5, 5.41) is 3.66.